The lowest BCUT2D eigenvalue weighted by Gasteiger charge is -2.37. The van der Waals surface area contributed by atoms with Crippen LogP contribution in [0.5, 0.6) is 0 Å². The van der Waals surface area contributed by atoms with E-state index in [0.717, 1.165) is 29.4 Å². The lowest BCUT2D eigenvalue weighted by Crippen LogP contribution is -2.37. The summed E-state index contributed by atoms with van der Waals surface area (Å²) in [5.74, 6) is 0.138. The van der Waals surface area contributed by atoms with Gasteiger partial charge in [0.1, 0.15) is 0 Å². The van der Waals surface area contributed by atoms with Gasteiger partial charge in [0, 0.05) is 10.4 Å². The third-order valence-corrected chi connectivity index (χ3v) is 4.84. The first-order valence-corrected chi connectivity index (χ1v) is 7.74. The fourth-order valence-electron chi connectivity index (χ4n) is 2.89. The van der Waals surface area contributed by atoms with Crippen molar-refractivity contribution in [2.24, 2.45) is 11.3 Å². The number of nitrogens with zero attached hydrogens (tertiary/aromatic N) is 1. The van der Waals surface area contributed by atoms with Crippen LogP contribution in [0.1, 0.15) is 45.1 Å². The smallest absolute Gasteiger partial charge is 0.228 e. The van der Waals surface area contributed by atoms with Crippen molar-refractivity contribution < 1.29 is 4.79 Å². The second-order valence-corrected chi connectivity index (χ2v) is 6.94. The molecule has 2 rings (SSSR count). The SMILES string of the molecule is CC1(C)CCCCC1C(=O)Nc1ccc(C#N)cc1Br. The summed E-state index contributed by atoms with van der Waals surface area (Å²) in [6.07, 6.45) is 4.37. The summed E-state index contributed by atoms with van der Waals surface area (Å²) in [6, 6.07) is 7.29. The van der Waals surface area contributed by atoms with E-state index in [9.17, 15) is 4.79 Å². The summed E-state index contributed by atoms with van der Waals surface area (Å²) in [7, 11) is 0. The molecule has 1 aliphatic rings. The van der Waals surface area contributed by atoms with Gasteiger partial charge in [0.2, 0.25) is 5.91 Å². The summed E-state index contributed by atoms with van der Waals surface area (Å²) in [4.78, 5) is 12.5. The molecule has 0 heterocycles. The maximum Gasteiger partial charge on any atom is 0.228 e. The van der Waals surface area contributed by atoms with Crippen LogP contribution in [-0.2, 0) is 4.79 Å². The van der Waals surface area contributed by atoms with E-state index in [-0.39, 0.29) is 17.2 Å². The van der Waals surface area contributed by atoms with Crippen LogP contribution in [0.2, 0.25) is 0 Å². The number of nitriles is 1. The molecule has 1 saturated carbocycles. The highest BCUT2D eigenvalue weighted by Gasteiger charge is 2.37. The van der Waals surface area contributed by atoms with E-state index in [1.165, 1.54) is 6.42 Å². The van der Waals surface area contributed by atoms with Gasteiger partial charge in [-0.2, -0.15) is 5.26 Å². The number of anilines is 1. The largest absolute Gasteiger partial charge is 0.325 e. The van der Waals surface area contributed by atoms with E-state index in [0.29, 0.717) is 5.56 Å². The average molecular weight is 335 g/mol. The summed E-state index contributed by atoms with van der Waals surface area (Å²) < 4.78 is 0.749. The van der Waals surface area contributed by atoms with Crippen molar-refractivity contribution in [3.8, 4) is 6.07 Å². The van der Waals surface area contributed by atoms with Crippen molar-refractivity contribution in [1.82, 2.24) is 0 Å². The zero-order valence-electron chi connectivity index (χ0n) is 11.9. The topological polar surface area (TPSA) is 52.9 Å². The quantitative estimate of drug-likeness (QED) is 0.866. The number of benzene rings is 1. The maximum absolute atomic E-state index is 12.5. The molecule has 20 heavy (non-hydrogen) atoms. The molecule has 1 fully saturated rings. The van der Waals surface area contributed by atoms with E-state index in [4.69, 9.17) is 5.26 Å². The molecule has 1 amide bonds. The molecule has 1 atom stereocenters. The third kappa shape index (κ3) is 3.21. The lowest BCUT2D eigenvalue weighted by molar-refractivity contribution is -0.124. The summed E-state index contributed by atoms with van der Waals surface area (Å²) in [5.41, 5.74) is 1.37. The van der Waals surface area contributed by atoms with Crippen LogP contribution in [0, 0.1) is 22.7 Å². The van der Waals surface area contributed by atoms with Crippen LogP contribution in [0.3, 0.4) is 0 Å². The van der Waals surface area contributed by atoms with Gasteiger partial charge in [0.05, 0.1) is 17.3 Å². The van der Waals surface area contributed by atoms with Gasteiger partial charge in [-0.15, -0.1) is 0 Å². The summed E-state index contributed by atoms with van der Waals surface area (Å²) in [6.45, 7) is 4.34. The molecule has 1 aromatic carbocycles. The van der Waals surface area contributed by atoms with Gasteiger partial charge in [-0.25, -0.2) is 0 Å². The van der Waals surface area contributed by atoms with Gasteiger partial charge in [-0.3, -0.25) is 4.79 Å². The number of hydrogen-bond acceptors (Lipinski definition) is 2. The first-order valence-electron chi connectivity index (χ1n) is 6.94. The fourth-order valence-corrected chi connectivity index (χ4v) is 3.36. The minimum atomic E-state index is 0.0544. The van der Waals surface area contributed by atoms with Gasteiger partial charge in [0.15, 0.2) is 0 Å². The van der Waals surface area contributed by atoms with Gasteiger partial charge in [-0.1, -0.05) is 26.7 Å². The Morgan fingerprint density at radius 1 is 1.45 bits per heavy atom. The standard InChI is InChI=1S/C16H19BrN2O/c1-16(2)8-4-3-5-12(16)15(20)19-14-7-6-11(10-18)9-13(14)17/h6-7,9,12H,3-5,8H2,1-2H3,(H,19,20). The normalized spacial score (nSPS) is 21.0. The molecule has 3 nitrogen and oxygen atoms in total. The van der Waals surface area contributed by atoms with Crippen LogP contribution in [-0.4, -0.2) is 5.91 Å². The Morgan fingerprint density at radius 3 is 2.80 bits per heavy atom. The molecule has 0 spiro atoms. The Hall–Kier alpha value is -1.34. The van der Waals surface area contributed by atoms with Crippen LogP contribution < -0.4 is 5.32 Å². The molecule has 0 bridgehead atoms. The zero-order valence-corrected chi connectivity index (χ0v) is 13.5. The van der Waals surface area contributed by atoms with E-state index in [1.807, 2.05) is 0 Å². The molecule has 0 aromatic heterocycles. The molecule has 1 aromatic rings. The number of carbonyl (C=O) groups excluding carboxylic acids is 1. The zero-order chi connectivity index (χ0) is 14.8. The van der Waals surface area contributed by atoms with Crippen LogP contribution >= 0.6 is 15.9 Å². The minimum absolute atomic E-state index is 0.0544. The van der Waals surface area contributed by atoms with E-state index < -0.39 is 0 Å². The van der Waals surface area contributed by atoms with E-state index in [1.54, 1.807) is 18.2 Å². The van der Waals surface area contributed by atoms with Crippen molar-refractivity contribution in [3.05, 3.63) is 28.2 Å². The van der Waals surface area contributed by atoms with Crippen molar-refractivity contribution >= 4 is 27.5 Å². The molecule has 1 N–H and O–H groups in total. The minimum Gasteiger partial charge on any atom is -0.325 e. The maximum atomic E-state index is 12.5. The van der Waals surface area contributed by atoms with Crippen LogP contribution in [0.25, 0.3) is 0 Å². The van der Waals surface area contributed by atoms with Crippen LogP contribution in [0.4, 0.5) is 5.69 Å². The Bertz CT molecular complexity index is 560. The van der Waals surface area contributed by atoms with Gasteiger partial charge < -0.3 is 5.32 Å². The Balaban J connectivity index is 2.14. The van der Waals surface area contributed by atoms with Crippen molar-refractivity contribution in [1.29, 1.82) is 5.26 Å². The number of carbonyl (C=O) groups is 1. The number of hydrogen-bond donors (Lipinski definition) is 1. The Morgan fingerprint density at radius 2 is 2.20 bits per heavy atom. The van der Waals surface area contributed by atoms with Gasteiger partial charge >= 0.3 is 0 Å². The first kappa shape index (κ1) is 15.1. The predicted octanol–water partition coefficient (Wildman–Crippen LogP) is 4.48. The third-order valence-electron chi connectivity index (χ3n) is 4.18. The summed E-state index contributed by atoms with van der Waals surface area (Å²) in [5, 5.41) is 11.8. The highest BCUT2D eigenvalue weighted by atomic mass is 79.9. The number of nitrogens with one attached hydrogen (secondary N) is 1. The number of halogens is 1. The molecule has 4 heteroatoms. The number of amides is 1. The Kier molecular flexibility index (Phi) is 4.49. The van der Waals surface area contributed by atoms with Crippen molar-refractivity contribution in [2.75, 3.05) is 5.32 Å². The second-order valence-electron chi connectivity index (χ2n) is 6.08. The fraction of sp³-hybridized carbons (Fsp3) is 0.500. The number of rotatable bonds is 2. The monoisotopic (exact) mass is 334 g/mol. The van der Waals surface area contributed by atoms with E-state index >= 15 is 0 Å². The molecule has 0 aliphatic heterocycles. The van der Waals surface area contributed by atoms with Crippen molar-refractivity contribution in [2.45, 2.75) is 39.5 Å². The molecule has 0 radical (unpaired) electrons. The Labute approximate surface area is 128 Å². The van der Waals surface area contributed by atoms with Crippen LogP contribution in [0.15, 0.2) is 22.7 Å². The predicted molar refractivity (Wildman–Crippen MR) is 83.2 cm³/mol. The van der Waals surface area contributed by atoms with Crippen molar-refractivity contribution in [3.63, 3.8) is 0 Å². The highest BCUT2D eigenvalue weighted by molar-refractivity contribution is 9.10. The second kappa shape index (κ2) is 5.97. The molecule has 106 valence electrons. The molecule has 0 saturated heterocycles. The molecular weight excluding hydrogens is 316 g/mol. The first-order chi connectivity index (χ1) is 9.44. The van der Waals surface area contributed by atoms with Gasteiger partial charge in [0.25, 0.3) is 0 Å². The lowest BCUT2D eigenvalue weighted by atomic mass is 9.68. The molecule has 1 unspecified atom stereocenters. The van der Waals surface area contributed by atoms with E-state index in [2.05, 4.69) is 41.2 Å². The summed E-state index contributed by atoms with van der Waals surface area (Å²) >= 11 is 3.40. The molecular formula is C16H19BrN2O. The molecule has 1 aliphatic carbocycles. The highest BCUT2D eigenvalue weighted by Crippen LogP contribution is 2.41. The van der Waals surface area contributed by atoms with Gasteiger partial charge in [-0.05, 0) is 52.4 Å². The average Bonchev–Trinajstić information content (AvgIpc) is 2.40.